The molecular formula is C12H17N3O2. The van der Waals surface area contributed by atoms with Gasteiger partial charge >= 0.3 is 5.97 Å². The van der Waals surface area contributed by atoms with Crippen LogP contribution in [0, 0.1) is 19.3 Å². The topological polar surface area (TPSA) is 75.1 Å². The summed E-state index contributed by atoms with van der Waals surface area (Å²) in [5, 5.41) is 12.4. The lowest BCUT2D eigenvalue weighted by atomic mass is 9.69. The Labute approximate surface area is 100 Å². The van der Waals surface area contributed by atoms with E-state index < -0.39 is 11.4 Å². The highest BCUT2D eigenvalue weighted by molar-refractivity contribution is 5.76. The van der Waals surface area contributed by atoms with E-state index in [4.69, 9.17) is 0 Å². The number of carboxylic acid groups (broad SMARTS) is 1. The molecule has 2 N–H and O–H groups in total. The second-order valence-electron chi connectivity index (χ2n) is 4.74. The molecule has 0 spiro atoms. The smallest absolute Gasteiger partial charge is 0.311 e. The number of anilines is 1. The van der Waals surface area contributed by atoms with E-state index in [2.05, 4.69) is 15.3 Å². The molecule has 1 heterocycles. The molecule has 17 heavy (non-hydrogen) atoms. The van der Waals surface area contributed by atoms with Crippen LogP contribution >= 0.6 is 0 Å². The van der Waals surface area contributed by atoms with Crippen LogP contribution in [0.3, 0.4) is 0 Å². The van der Waals surface area contributed by atoms with Crippen molar-refractivity contribution in [3.05, 3.63) is 17.6 Å². The standard InChI is InChI=1S/C12H17N3O2/c1-8-6-13-9(2)15-10(8)14-7-12(11(16)17)4-3-5-12/h6H,3-5,7H2,1-2H3,(H,16,17)(H,13,14,15). The second-order valence-corrected chi connectivity index (χ2v) is 4.74. The third-order valence-corrected chi connectivity index (χ3v) is 3.45. The normalized spacial score (nSPS) is 17.3. The zero-order valence-electron chi connectivity index (χ0n) is 10.2. The summed E-state index contributed by atoms with van der Waals surface area (Å²) in [5.41, 5.74) is 0.348. The van der Waals surface area contributed by atoms with E-state index in [-0.39, 0.29) is 0 Å². The van der Waals surface area contributed by atoms with Crippen LogP contribution in [-0.4, -0.2) is 27.6 Å². The first-order valence-electron chi connectivity index (χ1n) is 5.81. The van der Waals surface area contributed by atoms with Gasteiger partial charge < -0.3 is 10.4 Å². The minimum Gasteiger partial charge on any atom is -0.481 e. The summed E-state index contributed by atoms with van der Waals surface area (Å²) in [4.78, 5) is 19.6. The SMILES string of the molecule is Cc1ncc(C)c(NCC2(C(=O)O)CCC2)n1. The Hall–Kier alpha value is -1.65. The van der Waals surface area contributed by atoms with Gasteiger partial charge in [-0.05, 0) is 26.7 Å². The molecule has 0 aromatic carbocycles. The molecule has 1 aliphatic rings. The number of hydrogen-bond donors (Lipinski definition) is 2. The molecule has 2 rings (SSSR count). The summed E-state index contributed by atoms with van der Waals surface area (Å²) in [7, 11) is 0. The molecule has 1 fully saturated rings. The molecule has 5 nitrogen and oxygen atoms in total. The van der Waals surface area contributed by atoms with Crippen LogP contribution in [0.5, 0.6) is 0 Å². The maximum Gasteiger partial charge on any atom is 0.311 e. The Balaban J connectivity index is 2.07. The van der Waals surface area contributed by atoms with E-state index in [1.54, 1.807) is 6.20 Å². The average Bonchev–Trinajstić information content (AvgIpc) is 2.21. The highest BCUT2D eigenvalue weighted by atomic mass is 16.4. The van der Waals surface area contributed by atoms with Crippen LogP contribution < -0.4 is 5.32 Å². The fourth-order valence-electron chi connectivity index (χ4n) is 2.03. The highest BCUT2D eigenvalue weighted by Gasteiger charge is 2.44. The number of aromatic nitrogens is 2. The minimum absolute atomic E-state index is 0.444. The van der Waals surface area contributed by atoms with E-state index in [9.17, 15) is 9.90 Å². The Bertz CT molecular complexity index is 441. The molecule has 1 aliphatic carbocycles. The molecule has 0 bridgehead atoms. The predicted octanol–water partition coefficient (Wildman–Crippen LogP) is 1.76. The molecule has 1 aromatic heterocycles. The summed E-state index contributed by atoms with van der Waals surface area (Å²) in [6.45, 7) is 4.18. The monoisotopic (exact) mass is 235 g/mol. The molecular weight excluding hydrogens is 218 g/mol. The van der Waals surface area contributed by atoms with Gasteiger partial charge in [-0.25, -0.2) is 9.97 Å². The van der Waals surface area contributed by atoms with Gasteiger partial charge in [0.2, 0.25) is 0 Å². The number of carboxylic acids is 1. The third-order valence-electron chi connectivity index (χ3n) is 3.45. The van der Waals surface area contributed by atoms with Gasteiger partial charge in [-0.3, -0.25) is 4.79 Å². The van der Waals surface area contributed by atoms with Crippen LogP contribution in [0.2, 0.25) is 0 Å². The van der Waals surface area contributed by atoms with E-state index in [0.29, 0.717) is 12.4 Å². The van der Waals surface area contributed by atoms with E-state index in [0.717, 1.165) is 30.6 Å². The zero-order chi connectivity index (χ0) is 12.5. The molecule has 0 aliphatic heterocycles. The van der Waals surface area contributed by atoms with Crippen molar-refractivity contribution < 1.29 is 9.90 Å². The van der Waals surface area contributed by atoms with Crippen LogP contribution in [0.15, 0.2) is 6.20 Å². The lowest BCUT2D eigenvalue weighted by Crippen LogP contribution is -2.43. The number of carbonyl (C=O) groups is 1. The Morgan fingerprint density at radius 1 is 1.53 bits per heavy atom. The minimum atomic E-state index is -0.709. The fraction of sp³-hybridized carbons (Fsp3) is 0.583. The Kier molecular flexibility index (Phi) is 3.00. The number of hydrogen-bond acceptors (Lipinski definition) is 4. The van der Waals surface area contributed by atoms with Crippen molar-refractivity contribution in [3.63, 3.8) is 0 Å². The maximum atomic E-state index is 11.2. The fourth-order valence-corrected chi connectivity index (χ4v) is 2.03. The summed E-state index contributed by atoms with van der Waals surface area (Å²) in [5.74, 6) is 0.723. The molecule has 0 atom stereocenters. The highest BCUT2D eigenvalue weighted by Crippen LogP contribution is 2.41. The zero-order valence-corrected chi connectivity index (χ0v) is 10.2. The predicted molar refractivity (Wildman–Crippen MR) is 63.9 cm³/mol. The number of aryl methyl sites for hydroxylation is 2. The molecule has 1 aromatic rings. The van der Waals surface area contributed by atoms with Crippen molar-refractivity contribution >= 4 is 11.8 Å². The van der Waals surface area contributed by atoms with Gasteiger partial charge in [-0.1, -0.05) is 6.42 Å². The van der Waals surface area contributed by atoms with Crippen molar-refractivity contribution in [2.24, 2.45) is 5.41 Å². The number of aliphatic carboxylic acids is 1. The van der Waals surface area contributed by atoms with Gasteiger partial charge in [0.1, 0.15) is 11.6 Å². The lowest BCUT2D eigenvalue weighted by molar-refractivity contribution is -0.153. The quantitative estimate of drug-likeness (QED) is 0.831. The molecule has 0 radical (unpaired) electrons. The summed E-state index contributed by atoms with van der Waals surface area (Å²) < 4.78 is 0. The molecule has 5 heteroatoms. The van der Waals surface area contributed by atoms with Gasteiger partial charge in [0.15, 0.2) is 0 Å². The van der Waals surface area contributed by atoms with Crippen molar-refractivity contribution in [2.75, 3.05) is 11.9 Å². The van der Waals surface area contributed by atoms with Crippen LogP contribution in [-0.2, 0) is 4.79 Å². The number of nitrogens with one attached hydrogen (secondary N) is 1. The van der Waals surface area contributed by atoms with Gasteiger partial charge in [0.25, 0.3) is 0 Å². The maximum absolute atomic E-state index is 11.2. The molecule has 0 unspecified atom stereocenters. The van der Waals surface area contributed by atoms with Crippen LogP contribution in [0.25, 0.3) is 0 Å². The van der Waals surface area contributed by atoms with E-state index in [1.807, 2.05) is 13.8 Å². The van der Waals surface area contributed by atoms with Crippen molar-refractivity contribution in [2.45, 2.75) is 33.1 Å². The largest absolute Gasteiger partial charge is 0.481 e. The summed E-state index contributed by atoms with van der Waals surface area (Å²) in [6, 6.07) is 0. The third kappa shape index (κ3) is 2.23. The van der Waals surface area contributed by atoms with Crippen molar-refractivity contribution in [3.8, 4) is 0 Å². The summed E-state index contributed by atoms with van der Waals surface area (Å²) in [6.07, 6.45) is 4.24. The van der Waals surface area contributed by atoms with Gasteiger partial charge in [0, 0.05) is 18.3 Å². The first kappa shape index (κ1) is 11.8. The molecule has 0 amide bonds. The van der Waals surface area contributed by atoms with Crippen molar-refractivity contribution in [1.82, 2.24) is 9.97 Å². The Morgan fingerprint density at radius 2 is 2.24 bits per heavy atom. The average molecular weight is 235 g/mol. The van der Waals surface area contributed by atoms with E-state index >= 15 is 0 Å². The molecule has 0 saturated heterocycles. The van der Waals surface area contributed by atoms with Gasteiger partial charge in [-0.2, -0.15) is 0 Å². The Morgan fingerprint density at radius 3 is 2.76 bits per heavy atom. The summed E-state index contributed by atoms with van der Waals surface area (Å²) >= 11 is 0. The number of nitrogens with zero attached hydrogens (tertiary/aromatic N) is 2. The number of rotatable bonds is 4. The van der Waals surface area contributed by atoms with E-state index in [1.165, 1.54) is 0 Å². The first-order valence-corrected chi connectivity index (χ1v) is 5.81. The van der Waals surface area contributed by atoms with Gasteiger partial charge in [0.05, 0.1) is 5.41 Å². The van der Waals surface area contributed by atoms with Gasteiger partial charge in [-0.15, -0.1) is 0 Å². The first-order chi connectivity index (χ1) is 8.03. The van der Waals surface area contributed by atoms with Crippen LogP contribution in [0.1, 0.15) is 30.7 Å². The molecule has 1 saturated carbocycles. The van der Waals surface area contributed by atoms with Crippen molar-refractivity contribution in [1.29, 1.82) is 0 Å². The lowest BCUT2D eigenvalue weighted by Gasteiger charge is -2.37. The second kappa shape index (κ2) is 4.31. The molecule has 92 valence electrons. The van der Waals surface area contributed by atoms with Crippen LogP contribution in [0.4, 0.5) is 5.82 Å².